The van der Waals surface area contributed by atoms with Crippen LogP contribution in [0.1, 0.15) is 21.6 Å². The molecular formula is C24H17ClF3N3O. The van der Waals surface area contributed by atoms with Crippen LogP contribution in [0.25, 0.3) is 16.9 Å². The number of aromatic nitrogens is 2. The van der Waals surface area contributed by atoms with E-state index in [1.165, 1.54) is 16.8 Å². The molecule has 0 aliphatic rings. The summed E-state index contributed by atoms with van der Waals surface area (Å²) in [5.41, 5.74) is 1.87. The summed E-state index contributed by atoms with van der Waals surface area (Å²) >= 11 is 5.98. The van der Waals surface area contributed by atoms with Crippen LogP contribution in [0, 0.1) is 0 Å². The molecule has 0 unspecified atom stereocenters. The number of hydrogen-bond donors (Lipinski definition) is 1. The van der Waals surface area contributed by atoms with Crippen molar-refractivity contribution in [2.45, 2.75) is 12.7 Å². The molecule has 162 valence electrons. The van der Waals surface area contributed by atoms with Gasteiger partial charge in [-0.05, 0) is 48.0 Å². The third-order valence-corrected chi connectivity index (χ3v) is 5.04. The van der Waals surface area contributed by atoms with Crippen LogP contribution >= 0.6 is 11.6 Å². The number of hydrogen-bond acceptors (Lipinski definition) is 2. The number of nitrogens with zero attached hydrogens (tertiary/aromatic N) is 2. The van der Waals surface area contributed by atoms with Gasteiger partial charge in [0.25, 0.3) is 5.91 Å². The Labute approximate surface area is 187 Å². The highest BCUT2D eigenvalue weighted by molar-refractivity contribution is 6.30. The maximum absolute atomic E-state index is 13.0. The topological polar surface area (TPSA) is 46.9 Å². The molecule has 1 heterocycles. The summed E-state index contributed by atoms with van der Waals surface area (Å²) in [6.45, 7) is -0.0603. The molecule has 0 aliphatic carbocycles. The average Bonchev–Trinajstić information content (AvgIpc) is 3.24. The van der Waals surface area contributed by atoms with Crippen molar-refractivity contribution in [2.24, 2.45) is 0 Å². The molecule has 0 aliphatic heterocycles. The van der Waals surface area contributed by atoms with Crippen LogP contribution in [0.4, 0.5) is 13.2 Å². The molecule has 3 aromatic carbocycles. The second kappa shape index (κ2) is 8.88. The van der Waals surface area contributed by atoms with Crippen LogP contribution in [0.5, 0.6) is 0 Å². The first-order valence-electron chi connectivity index (χ1n) is 9.67. The van der Waals surface area contributed by atoms with E-state index in [1.807, 2.05) is 30.3 Å². The number of benzene rings is 3. The van der Waals surface area contributed by atoms with Crippen LogP contribution in [0.3, 0.4) is 0 Å². The van der Waals surface area contributed by atoms with Crippen molar-refractivity contribution in [2.75, 3.05) is 0 Å². The first-order chi connectivity index (χ1) is 15.3. The molecular weight excluding hydrogens is 439 g/mol. The molecule has 0 saturated heterocycles. The maximum Gasteiger partial charge on any atom is 0.416 e. The molecule has 0 atom stereocenters. The Morgan fingerprint density at radius 3 is 2.34 bits per heavy atom. The molecule has 4 rings (SSSR count). The van der Waals surface area contributed by atoms with E-state index >= 15 is 0 Å². The minimum atomic E-state index is -4.45. The van der Waals surface area contributed by atoms with E-state index in [4.69, 9.17) is 11.6 Å². The number of halogens is 4. The van der Waals surface area contributed by atoms with Gasteiger partial charge in [0.15, 0.2) is 0 Å². The fourth-order valence-electron chi connectivity index (χ4n) is 3.20. The van der Waals surface area contributed by atoms with E-state index in [0.29, 0.717) is 22.0 Å². The van der Waals surface area contributed by atoms with Gasteiger partial charge < -0.3 is 5.32 Å². The summed E-state index contributed by atoms with van der Waals surface area (Å²) in [6.07, 6.45) is -4.45. The lowest BCUT2D eigenvalue weighted by Gasteiger charge is -2.11. The van der Waals surface area contributed by atoms with Gasteiger partial charge in [-0.15, -0.1) is 0 Å². The van der Waals surface area contributed by atoms with Crippen LogP contribution in [0.15, 0.2) is 84.9 Å². The maximum atomic E-state index is 13.0. The van der Waals surface area contributed by atoms with Crippen LogP contribution in [-0.2, 0) is 12.7 Å². The van der Waals surface area contributed by atoms with E-state index in [-0.39, 0.29) is 12.2 Å². The standard InChI is InChI=1S/C24H17ClF3N3O/c25-19-9-11-20(12-10-19)31-22(14-21(30-31)17-6-2-1-3-7-17)23(32)29-15-16-5-4-8-18(13-16)24(26,27)28/h1-14H,15H2,(H,29,32). The van der Waals surface area contributed by atoms with Gasteiger partial charge in [-0.1, -0.05) is 54.1 Å². The van der Waals surface area contributed by atoms with Crippen molar-refractivity contribution in [1.29, 1.82) is 0 Å². The second-order valence-electron chi connectivity index (χ2n) is 7.05. The first kappa shape index (κ1) is 21.6. The quantitative estimate of drug-likeness (QED) is 0.393. The highest BCUT2D eigenvalue weighted by Crippen LogP contribution is 2.29. The Morgan fingerprint density at radius 1 is 0.938 bits per heavy atom. The highest BCUT2D eigenvalue weighted by atomic mass is 35.5. The predicted octanol–water partition coefficient (Wildman–Crippen LogP) is 6.14. The normalized spacial score (nSPS) is 11.4. The average molecular weight is 456 g/mol. The van der Waals surface area contributed by atoms with Gasteiger partial charge in [0.05, 0.1) is 16.9 Å². The van der Waals surface area contributed by atoms with E-state index in [9.17, 15) is 18.0 Å². The minimum Gasteiger partial charge on any atom is -0.347 e. The molecule has 4 nitrogen and oxygen atoms in total. The summed E-state index contributed by atoms with van der Waals surface area (Å²) in [5.74, 6) is -0.466. The molecule has 0 fully saturated rings. The van der Waals surface area contributed by atoms with Gasteiger partial charge >= 0.3 is 6.18 Å². The highest BCUT2D eigenvalue weighted by Gasteiger charge is 2.30. The monoisotopic (exact) mass is 455 g/mol. The largest absolute Gasteiger partial charge is 0.416 e. The smallest absolute Gasteiger partial charge is 0.347 e. The lowest BCUT2D eigenvalue weighted by atomic mass is 10.1. The van der Waals surface area contributed by atoms with E-state index < -0.39 is 17.6 Å². The van der Waals surface area contributed by atoms with Gasteiger partial charge in [0, 0.05) is 17.1 Å². The fraction of sp³-hybridized carbons (Fsp3) is 0.0833. The Bertz CT molecular complexity index is 1240. The summed E-state index contributed by atoms with van der Waals surface area (Å²) in [5, 5.41) is 7.80. The first-order valence-corrected chi connectivity index (χ1v) is 10.0. The molecule has 1 aromatic heterocycles. The van der Waals surface area contributed by atoms with Crippen molar-refractivity contribution >= 4 is 17.5 Å². The second-order valence-corrected chi connectivity index (χ2v) is 7.49. The Kier molecular flexibility index (Phi) is 6.01. The zero-order valence-corrected chi connectivity index (χ0v) is 17.4. The number of alkyl halides is 3. The molecule has 0 bridgehead atoms. The Morgan fingerprint density at radius 2 is 1.66 bits per heavy atom. The van der Waals surface area contributed by atoms with Gasteiger partial charge in [-0.3, -0.25) is 4.79 Å². The summed E-state index contributed by atoms with van der Waals surface area (Å²) in [4.78, 5) is 13.0. The van der Waals surface area contributed by atoms with Crippen molar-refractivity contribution in [1.82, 2.24) is 15.1 Å². The summed E-state index contributed by atoms with van der Waals surface area (Å²) < 4.78 is 40.4. The number of amides is 1. The van der Waals surface area contributed by atoms with E-state index in [1.54, 1.807) is 30.3 Å². The van der Waals surface area contributed by atoms with Gasteiger partial charge in [-0.2, -0.15) is 18.3 Å². The number of nitrogens with one attached hydrogen (secondary N) is 1. The van der Waals surface area contributed by atoms with Crippen molar-refractivity contribution in [3.05, 3.63) is 107 Å². The van der Waals surface area contributed by atoms with E-state index in [0.717, 1.165) is 17.7 Å². The number of carbonyl (C=O) groups excluding carboxylic acids is 1. The molecule has 1 N–H and O–H groups in total. The van der Waals surface area contributed by atoms with Gasteiger partial charge in [0.2, 0.25) is 0 Å². The third-order valence-electron chi connectivity index (χ3n) is 4.79. The van der Waals surface area contributed by atoms with Crippen molar-refractivity contribution < 1.29 is 18.0 Å². The van der Waals surface area contributed by atoms with Crippen LogP contribution < -0.4 is 5.32 Å². The minimum absolute atomic E-state index is 0.0603. The zero-order chi connectivity index (χ0) is 22.7. The Hall–Kier alpha value is -3.58. The fourth-order valence-corrected chi connectivity index (χ4v) is 3.33. The molecule has 0 spiro atoms. The summed E-state index contributed by atoms with van der Waals surface area (Å²) in [7, 11) is 0. The zero-order valence-electron chi connectivity index (χ0n) is 16.6. The molecule has 4 aromatic rings. The molecule has 1 amide bonds. The molecule has 8 heteroatoms. The molecule has 32 heavy (non-hydrogen) atoms. The Balaban J connectivity index is 1.63. The molecule has 0 radical (unpaired) electrons. The van der Waals surface area contributed by atoms with Crippen molar-refractivity contribution in [3.8, 4) is 16.9 Å². The predicted molar refractivity (Wildman–Crippen MR) is 117 cm³/mol. The number of carbonyl (C=O) groups is 1. The van der Waals surface area contributed by atoms with Crippen LogP contribution in [-0.4, -0.2) is 15.7 Å². The number of rotatable bonds is 5. The van der Waals surface area contributed by atoms with Crippen molar-refractivity contribution in [3.63, 3.8) is 0 Å². The van der Waals surface area contributed by atoms with Gasteiger partial charge in [-0.25, -0.2) is 4.68 Å². The summed E-state index contributed by atoms with van der Waals surface area (Å²) in [6, 6.07) is 22.7. The van der Waals surface area contributed by atoms with Crippen LogP contribution in [0.2, 0.25) is 5.02 Å². The lowest BCUT2D eigenvalue weighted by molar-refractivity contribution is -0.137. The lowest BCUT2D eigenvalue weighted by Crippen LogP contribution is -2.25. The van der Waals surface area contributed by atoms with E-state index in [2.05, 4.69) is 10.4 Å². The molecule has 0 saturated carbocycles. The third kappa shape index (κ3) is 4.84. The SMILES string of the molecule is O=C(NCc1cccc(C(F)(F)F)c1)c1cc(-c2ccccc2)nn1-c1ccc(Cl)cc1. The van der Waals surface area contributed by atoms with Gasteiger partial charge in [0.1, 0.15) is 5.69 Å².